The number of carbonyl (C=O) groups is 1. The molecule has 1 heterocycles. The van der Waals surface area contributed by atoms with E-state index in [1.165, 1.54) is 5.56 Å². The molecule has 0 aliphatic heterocycles. The lowest BCUT2D eigenvalue weighted by Gasteiger charge is -2.07. The number of thiol groups is 1. The third kappa shape index (κ3) is 7.05. The monoisotopic (exact) mass is 473 g/mol. The minimum Gasteiger partial charge on any atom is -0.282 e. The van der Waals surface area contributed by atoms with Gasteiger partial charge >= 0.3 is 0 Å². The van der Waals surface area contributed by atoms with Crippen molar-refractivity contribution in [1.29, 1.82) is 0 Å². The van der Waals surface area contributed by atoms with Gasteiger partial charge in [-0.2, -0.15) is 0 Å². The summed E-state index contributed by atoms with van der Waals surface area (Å²) in [6.45, 7) is 4.00. The second-order valence-electron chi connectivity index (χ2n) is 7.47. The van der Waals surface area contributed by atoms with E-state index in [0.717, 1.165) is 47.0 Å². The van der Waals surface area contributed by atoms with E-state index in [1.807, 2.05) is 68.5 Å². The van der Waals surface area contributed by atoms with Gasteiger partial charge in [0.1, 0.15) is 0 Å². The van der Waals surface area contributed by atoms with E-state index in [2.05, 4.69) is 54.0 Å². The van der Waals surface area contributed by atoms with E-state index in [9.17, 15) is 4.79 Å². The average Bonchev–Trinajstić information content (AvgIpc) is 2.84. The topological polar surface area (TPSA) is 30.0 Å². The van der Waals surface area contributed by atoms with Gasteiger partial charge in [-0.1, -0.05) is 92.2 Å². The predicted octanol–water partition coefficient (Wildman–Crippen LogP) is 8.33. The van der Waals surface area contributed by atoms with Crippen molar-refractivity contribution in [2.45, 2.75) is 33.1 Å². The van der Waals surface area contributed by atoms with Crippen LogP contribution in [0.15, 0.2) is 78.9 Å². The SMILES string of the molecule is CC.O=C(S)c1ccccc1CCCc1cccc(/C=C/c2ccc3ccc(Cl)cc3n2)c1. The van der Waals surface area contributed by atoms with Crippen LogP contribution in [0.4, 0.5) is 0 Å². The average molecular weight is 474 g/mol. The highest BCUT2D eigenvalue weighted by molar-refractivity contribution is 7.97. The van der Waals surface area contributed by atoms with Gasteiger partial charge in [0.25, 0.3) is 0 Å². The normalized spacial score (nSPS) is 10.8. The number of carbonyl (C=O) groups excluding carboxylic acids is 1. The maximum Gasteiger partial charge on any atom is 0.216 e. The first-order valence-corrected chi connectivity index (χ1v) is 12.1. The van der Waals surface area contributed by atoms with E-state index in [4.69, 9.17) is 11.6 Å². The largest absolute Gasteiger partial charge is 0.282 e. The molecule has 0 unspecified atom stereocenters. The summed E-state index contributed by atoms with van der Waals surface area (Å²) < 4.78 is 0. The van der Waals surface area contributed by atoms with Crippen molar-refractivity contribution in [2.75, 3.05) is 0 Å². The fraction of sp³-hybridized carbons (Fsp3) is 0.172. The van der Waals surface area contributed by atoms with Crippen LogP contribution in [0.2, 0.25) is 5.02 Å². The highest BCUT2D eigenvalue weighted by Crippen LogP contribution is 2.20. The summed E-state index contributed by atoms with van der Waals surface area (Å²) in [6, 6.07) is 26.0. The Kier molecular flexibility index (Phi) is 9.29. The molecule has 1 aromatic heterocycles. The van der Waals surface area contributed by atoms with E-state index < -0.39 is 0 Å². The highest BCUT2D eigenvalue weighted by Gasteiger charge is 2.07. The molecular weight excluding hydrogens is 446 g/mol. The van der Waals surface area contributed by atoms with Gasteiger partial charge in [-0.05, 0) is 60.2 Å². The number of fused-ring (bicyclic) bond motifs is 1. The fourth-order valence-electron chi connectivity index (χ4n) is 3.66. The van der Waals surface area contributed by atoms with E-state index in [1.54, 1.807) is 0 Å². The standard InChI is InChI=1S/C27H22ClNOS.C2H6/c28-23-14-12-22-13-16-24(29-26(22)18-23)15-11-20-6-3-5-19(17-20)7-4-9-21-8-1-2-10-25(21)27(30)31;1-2/h1-3,5-6,8,10-18H,4,7,9H2,(H,30,31);1-2H3/b15-11+;. The summed E-state index contributed by atoms with van der Waals surface area (Å²) in [5.74, 6) is 0. The summed E-state index contributed by atoms with van der Waals surface area (Å²) in [7, 11) is 0. The molecule has 0 spiro atoms. The Bertz CT molecular complexity index is 1270. The second-order valence-corrected chi connectivity index (χ2v) is 8.31. The number of nitrogens with zero attached hydrogens (tertiary/aromatic N) is 1. The lowest BCUT2D eigenvalue weighted by Crippen LogP contribution is -1.98. The number of hydrogen-bond donors (Lipinski definition) is 1. The highest BCUT2D eigenvalue weighted by atomic mass is 35.5. The molecule has 0 saturated heterocycles. The van der Waals surface area contributed by atoms with Crippen LogP contribution in [0.25, 0.3) is 23.1 Å². The number of benzene rings is 3. The molecule has 0 saturated carbocycles. The molecule has 0 aliphatic rings. The maximum absolute atomic E-state index is 11.7. The molecule has 0 aliphatic carbocycles. The van der Waals surface area contributed by atoms with Crippen molar-refractivity contribution in [3.8, 4) is 0 Å². The summed E-state index contributed by atoms with van der Waals surface area (Å²) in [5.41, 5.74) is 5.95. The Hall–Kier alpha value is -2.88. The molecule has 33 heavy (non-hydrogen) atoms. The smallest absolute Gasteiger partial charge is 0.216 e. The molecule has 0 bridgehead atoms. The summed E-state index contributed by atoms with van der Waals surface area (Å²) in [4.78, 5) is 16.3. The van der Waals surface area contributed by atoms with Crippen LogP contribution in [0.3, 0.4) is 0 Å². The minimum absolute atomic E-state index is 0.174. The molecule has 168 valence electrons. The number of hydrogen-bond acceptors (Lipinski definition) is 2. The molecular formula is C29H28ClNOS. The van der Waals surface area contributed by atoms with Gasteiger partial charge in [0.05, 0.1) is 11.2 Å². The first kappa shape index (κ1) is 24.8. The first-order valence-electron chi connectivity index (χ1n) is 11.2. The van der Waals surface area contributed by atoms with Crippen LogP contribution in [0, 0.1) is 0 Å². The van der Waals surface area contributed by atoms with Gasteiger partial charge < -0.3 is 0 Å². The van der Waals surface area contributed by atoms with Crippen LogP contribution in [0.5, 0.6) is 0 Å². The number of rotatable bonds is 7. The van der Waals surface area contributed by atoms with Crippen molar-refractivity contribution in [3.63, 3.8) is 0 Å². The van der Waals surface area contributed by atoms with E-state index in [0.29, 0.717) is 10.6 Å². The fourth-order valence-corrected chi connectivity index (χ4v) is 4.05. The lowest BCUT2D eigenvalue weighted by atomic mass is 9.99. The van der Waals surface area contributed by atoms with Crippen molar-refractivity contribution in [1.82, 2.24) is 4.98 Å². The van der Waals surface area contributed by atoms with Crippen LogP contribution in [0.1, 0.15) is 53.0 Å². The Morgan fingerprint density at radius 1 is 0.909 bits per heavy atom. The van der Waals surface area contributed by atoms with Crippen molar-refractivity contribution in [2.24, 2.45) is 0 Å². The van der Waals surface area contributed by atoms with E-state index >= 15 is 0 Å². The van der Waals surface area contributed by atoms with Crippen molar-refractivity contribution in [3.05, 3.63) is 112 Å². The molecule has 3 aromatic carbocycles. The van der Waals surface area contributed by atoms with Gasteiger partial charge in [0, 0.05) is 16.0 Å². The van der Waals surface area contributed by atoms with Crippen LogP contribution in [-0.4, -0.2) is 10.1 Å². The third-order valence-electron chi connectivity index (χ3n) is 5.23. The molecule has 2 nitrogen and oxygen atoms in total. The molecule has 0 amide bonds. The van der Waals surface area contributed by atoms with Crippen LogP contribution in [-0.2, 0) is 12.8 Å². The molecule has 0 fully saturated rings. The molecule has 0 radical (unpaired) electrons. The molecule has 0 atom stereocenters. The Morgan fingerprint density at radius 2 is 1.70 bits per heavy atom. The number of aromatic nitrogens is 1. The first-order chi connectivity index (χ1) is 16.1. The zero-order chi connectivity index (χ0) is 23.6. The summed E-state index contributed by atoms with van der Waals surface area (Å²) in [5, 5.41) is 1.59. The van der Waals surface area contributed by atoms with Crippen molar-refractivity contribution < 1.29 is 4.79 Å². The lowest BCUT2D eigenvalue weighted by molar-refractivity contribution is 0.109. The minimum atomic E-state index is -0.174. The van der Waals surface area contributed by atoms with E-state index in [-0.39, 0.29) is 5.12 Å². The zero-order valence-corrected chi connectivity index (χ0v) is 20.6. The van der Waals surface area contributed by atoms with Gasteiger partial charge in [-0.25, -0.2) is 4.98 Å². The van der Waals surface area contributed by atoms with Gasteiger partial charge in [-0.3, -0.25) is 4.79 Å². The van der Waals surface area contributed by atoms with Gasteiger partial charge in [-0.15, -0.1) is 12.6 Å². The molecule has 4 aromatic rings. The zero-order valence-electron chi connectivity index (χ0n) is 19.0. The number of halogens is 1. The third-order valence-corrected chi connectivity index (χ3v) is 5.71. The maximum atomic E-state index is 11.7. The Balaban J connectivity index is 0.00000149. The van der Waals surface area contributed by atoms with Gasteiger partial charge in [0.2, 0.25) is 5.12 Å². The Morgan fingerprint density at radius 3 is 2.52 bits per heavy atom. The molecule has 0 N–H and O–H groups in total. The molecule has 4 heteroatoms. The Labute approximate surface area is 206 Å². The van der Waals surface area contributed by atoms with Crippen LogP contribution >= 0.6 is 24.2 Å². The predicted molar refractivity (Wildman–Crippen MR) is 145 cm³/mol. The summed E-state index contributed by atoms with van der Waals surface area (Å²) in [6.07, 6.45) is 6.87. The quantitative estimate of drug-likeness (QED) is 0.273. The number of aryl methyl sites for hydroxylation is 2. The van der Waals surface area contributed by atoms with Gasteiger partial charge in [0.15, 0.2) is 0 Å². The number of pyridine rings is 1. The summed E-state index contributed by atoms with van der Waals surface area (Å²) >= 11 is 10.1. The second kappa shape index (κ2) is 12.4. The molecule has 4 rings (SSSR count). The van der Waals surface area contributed by atoms with Crippen molar-refractivity contribution >= 4 is 52.4 Å². The van der Waals surface area contributed by atoms with Crippen LogP contribution < -0.4 is 0 Å².